The van der Waals surface area contributed by atoms with Crippen LogP contribution in [-0.2, 0) is 16.0 Å². The van der Waals surface area contributed by atoms with Crippen LogP contribution in [0.2, 0.25) is 0 Å². The molecule has 0 radical (unpaired) electrons. The molecule has 1 saturated heterocycles. The van der Waals surface area contributed by atoms with Gasteiger partial charge in [-0.25, -0.2) is 0 Å². The second kappa shape index (κ2) is 6.68. The lowest BCUT2D eigenvalue weighted by molar-refractivity contribution is -0.139. The van der Waals surface area contributed by atoms with Crippen molar-refractivity contribution in [3.63, 3.8) is 0 Å². The van der Waals surface area contributed by atoms with Gasteiger partial charge in [0.05, 0.1) is 13.2 Å². The third-order valence-corrected chi connectivity index (χ3v) is 4.48. The van der Waals surface area contributed by atoms with Crippen LogP contribution in [0, 0.1) is 6.92 Å². The van der Waals surface area contributed by atoms with Crippen LogP contribution in [0.15, 0.2) is 34.9 Å². The van der Waals surface area contributed by atoms with Crippen LogP contribution in [0.4, 0.5) is 0 Å². The van der Waals surface area contributed by atoms with E-state index in [-0.39, 0.29) is 12.0 Å². The van der Waals surface area contributed by atoms with Gasteiger partial charge < -0.3 is 19.0 Å². The highest BCUT2D eigenvalue weighted by molar-refractivity contribution is 5.80. The molecule has 4 rings (SSSR count). The first kappa shape index (κ1) is 15.8. The van der Waals surface area contributed by atoms with Gasteiger partial charge in [0.15, 0.2) is 6.10 Å². The second-order valence-corrected chi connectivity index (χ2v) is 6.26. The van der Waals surface area contributed by atoms with Crippen molar-refractivity contribution in [1.82, 2.24) is 20.1 Å². The standard InChI is InChI=1S/C18H20N4O3/c1-12-20-21-18(25-12)16-11-22(8-9-24-16)17(23)5-3-13-2-4-15-14(10-13)6-7-19-15/h2,4,6-7,10,16,19H,3,5,8-9,11H2,1H3/t16-/m0/s1. The number of carbonyl (C=O) groups excluding carboxylic acids is 1. The van der Waals surface area contributed by atoms with Crippen LogP contribution in [0.1, 0.15) is 29.9 Å². The normalized spacial score (nSPS) is 18.0. The van der Waals surface area contributed by atoms with E-state index in [0.29, 0.717) is 37.9 Å². The maximum Gasteiger partial charge on any atom is 0.246 e. The maximum absolute atomic E-state index is 12.6. The molecule has 0 spiro atoms. The van der Waals surface area contributed by atoms with E-state index in [9.17, 15) is 4.79 Å². The van der Waals surface area contributed by atoms with Crippen molar-refractivity contribution in [2.45, 2.75) is 25.9 Å². The predicted molar refractivity (Wildman–Crippen MR) is 90.9 cm³/mol. The summed E-state index contributed by atoms with van der Waals surface area (Å²) in [5, 5.41) is 8.99. The van der Waals surface area contributed by atoms with Gasteiger partial charge in [0, 0.05) is 31.6 Å². The summed E-state index contributed by atoms with van der Waals surface area (Å²) in [4.78, 5) is 17.6. The Morgan fingerprint density at radius 1 is 1.36 bits per heavy atom. The van der Waals surface area contributed by atoms with Gasteiger partial charge in [-0.1, -0.05) is 6.07 Å². The molecule has 0 unspecified atom stereocenters. The zero-order valence-electron chi connectivity index (χ0n) is 14.1. The minimum Gasteiger partial charge on any atom is -0.423 e. The Morgan fingerprint density at radius 3 is 3.12 bits per heavy atom. The fourth-order valence-corrected chi connectivity index (χ4v) is 3.13. The molecule has 1 N–H and O–H groups in total. The monoisotopic (exact) mass is 340 g/mol. The Morgan fingerprint density at radius 2 is 2.28 bits per heavy atom. The number of ether oxygens (including phenoxy) is 1. The Kier molecular flexibility index (Phi) is 4.23. The van der Waals surface area contributed by atoms with Crippen molar-refractivity contribution in [2.24, 2.45) is 0 Å². The summed E-state index contributed by atoms with van der Waals surface area (Å²) in [7, 11) is 0. The van der Waals surface area contributed by atoms with Gasteiger partial charge in [-0.2, -0.15) is 0 Å². The van der Waals surface area contributed by atoms with Crippen LogP contribution >= 0.6 is 0 Å². The summed E-state index contributed by atoms with van der Waals surface area (Å²) in [5.74, 6) is 1.06. The van der Waals surface area contributed by atoms with E-state index in [1.165, 1.54) is 5.39 Å². The second-order valence-electron chi connectivity index (χ2n) is 6.26. The number of hydrogen-bond acceptors (Lipinski definition) is 5. The highest BCUT2D eigenvalue weighted by atomic mass is 16.5. The topological polar surface area (TPSA) is 84.2 Å². The van der Waals surface area contributed by atoms with Gasteiger partial charge in [0.1, 0.15) is 0 Å². The summed E-state index contributed by atoms with van der Waals surface area (Å²) in [6.45, 7) is 3.27. The number of aryl methyl sites for hydroxylation is 2. The maximum atomic E-state index is 12.6. The summed E-state index contributed by atoms with van der Waals surface area (Å²) in [6, 6.07) is 8.29. The molecular weight excluding hydrogens is 320 g/mol. The van der Waals surface area contributed by atoms with Crippen molar-refractivity contribution in [3.05, 3.63) is 47.8 Å². The smallest absolute Gasteiger partial charge is 0.246 e. The first-order valence-electron chi connectivity index (χ1n) is 8.44. The number of H-pyrrole nitrogens is 1. The minimum atomic E-state index is -0.338. The van der Waals surface area contributed by atoms with Gasteiger partial charge in [-0.3, -0.25) is 4.79 Å². The van der Waals surface area contributed by atoms with E-state index in [2.05, 4.69) is 33.4 Å². The summed E-state index contributed by atoms with van der Waals surface area (Å²) >= 11 is 0. The van der Waals surface area contributed by atoms with Crippen LogP contribution in [0.3, 0.4) is 0 Å². The van der Waals surface area contributed by atoms with E-state index in [0.717, 1.165) is 17.5 Å². The molecular formula is C18H20N4O3. The number of morpholine rings is 1. The van der Waals surface area contributed by atoms with Gasteiger partial charge in [0.25, 0.3) is 0 Å². The summed E-state index contributed by atoms with van der Waals surface area (Å²) in [5.41, 5.74) is 2.28. The highest BCUT2D eigenvalue weighted by Gasteiger charge is 2.28. The van der Waals surface area contributed by atoms with Gasteiger partial charge in [-0.15, -0.1) is 10.2 Å². The number of nitrogens with zero attached hydrogens (tertiary/aromatic N) is 3. The number of carbonyl (C=O) groups is 1. The van der Waals surface area contributed by atoms with Crippen molar-refractivity contribution >= 4 is 16.8 Å². The number of amides is 1. The van der Waals surface area contributed by atoms with Crippen LogP contribution < -0.4 is 0 Å². The number of aromatic nitrogens is 3. The molecule has 0 saturated carbocycles. The Hall–Kier alpha value is -2.67. The Bertz CT molecular complexity index is 885. The molecule has 1 aliphatic heterocycles. The van der Waals surface area contributed by atoms with Gasteiger partial charge in [0.2, 0.25) is 17.7 Å². The number of rotatable bonds is 4. The summed E-state index contributed by atoms with van der Waals surface area (Å²) in [6.07, 6.45) is 2.79. The third kappa shape index (κ3) is 3.41. The average Bonchev–Trinajstić information content (AvgIpc) is 3.28. The zero-order chi connectivity index (χ0) is 17.2. The lowest BCUT2D eigenvalue weighted by Gasteiger charge is -2.31. The third-order valence-electron chi connectivity index (χ3n) is 4.48. The lowest BCUT2D eigenvalue weighted by atomic mass is 10.1. The molecule has 1 amide bonds. The Labute approximate surface area is 145 Å². The van der Waals surface area contributed by atoms with E-state index in [1.807, 2.05) is 17.2 Å². The van der Waals surface area contributed by atoms with Crippen molar-refractivity contribution in [1.29, 1.82) is 0 Å². The molecule has 0 bridgehead atoms. The Balaban J connectivity index is 1.36. The molecule has 3 heterocycles. The predicted octanol–water partition coefficient (Wildman–Crippen LogP) is 2.39. The molecule has 1 aliphatic rings. The van der Waals surface area contributed by atoms with Crippen molar-refractivity contribution in [2.75, 3.05) is 19.7 Å². The SMILES string of the molecule is Cc1nnc([C@@H]2CN(C(=O)CCc3ccc4[nH]ccc4c3)CCO2)o1. The molecule has 7 nitrogen and oxygen atoms in total. The number of hydrogen-bond donors (Lipinski definition) is 1. The van der Waals surface area contributed by atoms with Gasteiger partial charge in [-0.05, 0) is 35.6 Å². The first-order chi connectivity index (χ1) is 12.2. The first-order valence-corrected chi connectivity index (χ1v) is 8.44. The van der Waals surface area contributed by atoms with E-state index in [1.54, 1.807) is 6.92 Å². The number of aromatic amines is 1. The molecule has 0 aliphatic carbocycles. The number of benzene rings is 1. The zero-order valence-corrected chi connectivity index (χ0v) is 14.1. The number of nitrogens with one attached hydrogen (secondary N) is 1. The van der Waals surface area contributed by atoms with Gasteiger partial charge >= 0.3 is 0 Å². The molecule has 130 valence electrons. The fraction of sp³-hybridized carbons (Fsp3) is 0.389. The van der Waals surface area contributed by atoms with E-state index in [4.69, 9.17) is 9.15 Å². The van der Waals surface area contributed by atoms with Crippen LogP contribution in [0.5, 0.6) is 0 Å². The lowest BCUT2D eigenvalue weighted by Crippen LogP contribution is -2.42. The molecule has 1 atom stereocenters. The van der Waals surface area contributed by atoms with Crippen molar-refractivity contribution in [3.8, 4) is 0 Å². The molecule has 25 heavy (non-hydrogen) atoms. The minimum absolute atomic E-state index is 0.124. The van der Waals surface area contributed by atoms with Crippen LogP contribution in [-0.4, -0.2) is 45.7 Å². The number of fused-ring (bicyclic) bond motifs is 1. The van der Waals surface area contributed by atoms with E-state index < -0.39 is 0 Å². The van der Waals surface area contributed by atoms with E-state index >= 15 is 0 Å². The van der Waals surface area contributed by atoms with Crippen LogP contribution in [0.25, 0.3) is 10.9 Å². The fourth-order valence-electron chi connectivity index (χ4n) is 3.13. The molecule has 1 aromatic carbocycles. The summed E-state index contributed by atoms with van der Waals surface area (Å²) < 4.78 is 11.1. The van der Waals surface area contributed by atoms with Crippen molar-refractivity contribution < 1.29 is 13.9 Å². The molecule has 7 heteroatoms. The molecule has 3 aromatic rings. The molecule has 2 aromatic heterocycles. The molecule has 1 fully saturated rings. The highest BCUT2D eigenvalue weighted by Crippen LogP contribution is 2.22. The quantitative estimate of drug-likeness (QED) is 0.788. The largest absolute Gasteiger partial charge is 0.423 e. The average molecular weight is 340 g/mol.